The van der Waals surface area contributed by atoms with Crippen LogP contribution >= 0.6 is 11.6 Å². The summed E-state index contributed by atoms with van der Waals surface area (Å²) in [6.45, 7) is 0.925. The summed E-state index contributed by atoms with van der Waals surface area (Å²) in [6, 6.07) is 5.40. The van der Waals surface area contributed by atoms with Crippen molar-refractivity contribution in [2.75, 3.05) is 26.0 Å². The van der Waals surface area contributed by atoms with E-state index in [1.165, 1.54) is 25.7 Å². The fraction of sp³-hybridized carbons (Fsp3) is 0.533. The number of anilines is 1. The highest BCUT2D eigenvalue weighted by Crippen LogP contribution is 2.27. The third-order valence-electron chi connectivity index (χ3n) is 3.67. The van der Waals surface area contributed by atoms with Crippen LogP contribution in [-0.4, -0.2) is 31.4 Å². The fourth-order valence-corrected chi connectivity index (χ4v) is 2.73. The Balaban J connectivity index is 2.12. The van der Waals surface area contributed by atoms with Crippen LogP contribution in [0.2, 0.25) is 5.02 Å². The molecule has 0 spiro atoms. The summed E-state index contributed by atoms with van der Waals surface area (Å²) in [5, 5.41) is 4.06. The van der Waals surface area contributed by atoms with Gasteiger partial charge in [0.25, 0.3) is 5.91 Å². The van der Waals surface area contributed by atoms with Crippen LogP contribution in [0.4, 0.5) is 5.69 Å². The molecule has 0 aromatic heterocycles. The van der Waals surface area contributed by atoms with E-state index >= 15 is 0 Å². The van der Waals surface area contributed by atoms with E-state index < -0.39 is 0 Å². The van der Waals surface area contributed by atoms with Gasteiger partial charge in [-0.2, -0.15) is 0 Å². The molecule has 1 aromatic rings. The maximum Gasteiger partial charge on any atom is 0.255 e. The number of hydrogen-bond donors (Lipinski definition) is 1. The van der Waals surface area contributed by atoms with Crippen LogP contribution in [-0.2, 0) is 0 Å². The number of rotatable bonds is 4. The van der Waals surface area contributed by atoms with Crippen LogP contribution < -0.4 is 5.32 Å². The average molecular weight is 281 g/mol. The van der Waals surface area contributed by atoms with Gasteiger partial charge in [-0.05, 0) is 37.0 Å². The number of benzene rings is 1. The van der Waals surface area contributed by atoms with Crippen molar-refractivity contribution in [3.63, 3.8) is 0 Å². The average Bonchev–Trinajstić information content (AvgIpc) is 2.88. The molecule has 4 heteroatoms. The maximum atomic E-state index is 12.1. The largest absolute Gasteiger partial charge is 0.384 e. The van der Waals surface area contributed by atoms with Gasteiger partial charge in [0.2, 0.25) is 0 Å². The molecule has 0 radical (unpaired) electrons. The molecule has 1 aliphatic rings. The lowest BCUT2D eigenvalue weighted by Crippen LogP contribution is -2.23. The number of carbonyl (C=O) groups excluding carboxylic acids is 1. The Bertz CT molecular complexity index is 453. The second-order valence-corrected chi connectivity index (χ2v) is 5.86. The molecule has 0 heterocycles. The fourth-order valence-electron chi connectivity index (χ4n) is 2.56. The summed E-state index contributed by atoms with van der Waals surface area (Å²) in [4.78, 5) is 13.7. The Hall–Kier alpha value is -1.22. The molecule has 0 saturated heterocycles. The number of nitrogens with zero attached hydrogens (tertiary/aromatic N) is 1. The van der Waals surface area contributed by atoms with Gasteiger partial charge < -0.3 is 10.2 Å². The van der Waals surface area contributed by atoms with Crippen molar-refractivity contribution in [2.45, 2.75) is 25.7 Å². The van der Waals surface area contributed by atoms with Crippen molar-refractivity contribution < 1.29 is 4.79 Å². The van der Waals surface area contributed by atoms with Crippen molar-refractivity contribution in [3.8, 4) is 0 Å². The first-order chi connectivity index (χ1) is 9.08. The molecule has 0 atom stereocenters. The minimum Gasteiger partial charge on any atom is -0.384 e. The molecule has 1 amide bonds. The van der Waals surface area contributed by atoms with E-state index in [-0.39, 0.29) is 5.91 Å². The Morgan fingerprint density at radius 3 is 2.68 bits per heavy atom. The summed E-state index contributed by atoms with van der Waals surface area (Å²) >= 11 is 6.03. The standard InChI is InChI=1S/C15H21ClN2O/c1-18(2)15(19)13-8-7-12(16)9-14(13)17-10-11-5-3-4-6-11/h7-9,11,17H,3-6,10H2,1-2H3. The molecule has 1 aliphatic carbocycles. The molecule has 1 N–H and O–H groups in total. The van der Waals surface area contributed by atoms with E-state index in [0.717, 1.165) is 18.2 Å². The summed E-state index contributed by atoms with van der Waals surface area (Å²) in [7, 11) is 3.52. The predicted molar refractivity (Wildman–Crippen MR) is 79.9 cm³/mol. The van der Waals surface area contributed by atoms with Gasteiger partial charge in [-0.1, -0.05) is 24.4 Å². The predicted octanol–water partition coefficient (Wildman–Crippen LogP) is 3.64. The van der Waals surface area contributed by atoms with E-state index in [2.05, 4.69) is 5.32 Å². The molecule has 0 bridgehead atoms. The number of carbonyl (C=O) groups is 1. The van der Waals surface area contributed by atoms with Crippen molar-refractivity contribution in [1.29, 1.82) is 0 Å². The van der Waals surface area contributed by atoms with Crippen LogP contribution in [0.3, 0.4) is 0 Å². The van der Waals surface area contributed by atoms with E-state index in [1.54, 1.807) is 31.1 Å². The van der Waals surface area contributed by atoms with Gasteiger partial charge in [0.05, 0.1) is 5.56 Å². The molecule has 3 nitrogen and oxygen atoms in total. The third kappa shape index (κ3) is 3.63. The first-order valence-electron chi connectivity index (χ1n) is 6.83. The van der Waals surface area contributed by atoms with Crippen LogP contribution in [0.25, 0.3) is 0 Å². The molecule has 19 heavy (non-hydrogen) atoms. The Labute approximate surface area is 119 Å². The van der Waals surface area contributed by atoms with Gasteiger partial charge in [0.1, 0.15) is 0 Å². The number of amides is 1. The van der Waals surface area contributed by atoms with E-state index in [4.69, 9.17) is 11.6 Å². The summed E-state index contributed by atoms with van der Waals surface area (Å²) in [5.74, 6) is 0.729. The van der Waals surface area contributed by atoms with Crippen LogP contribution in [0, 0.1) is 5.92 Å². The van der Waals surface area contributed by atoms with Crippen LogP contribution in [0.1, 0.15) is 36.0 Å². The normalized spacial score (nSPS) is 15.5. The van der Waals surface area contributed by atoms with E-state index in [1.807, 2.05) is 6.07 Å². The zero-order valence-corrected chi connectivity index (χ0v) is 12.3. The van der Waals surface area contributed by atoms with Crippen molar-refractivity contribution in [2.24, 2.45) is 5.92 Å². The number of nitrogens with one attached hydrogen (secondary N) is 1. The van der Waals surface area contributed by atoms with E-state index in [0.29, 0.717) is 10.6 Å². The van der Waals surface area contributed by atoms with Gasteiger partial charge in [-0.15, -0.1) is 0 Å². The first-order valence-corrected chi connectivity index (χ1v) is 7.21. The van der Waals surface area contributed by atoms with Gasteiger partial charge in [-0.3, -0.25) is 4.79 Å². The van der Waals surface area contributed by atoms with Crippen molar-refractivity contribution in [3.05, 3.63) is 28.8 Å². The summed E-state index contributed by atoms with van der Waals surface area (Å²) in [6.07, 6.45) is 5.21. The Morgan fingerprint density at radius 1 is 1.37 bits per heavy atom. The molecule has 104 valence electrons. The van der Waals surface area contributed by atoms with Gasteiger partial charge in [-0.25, -0.2) is 0 Å². The highest BCUT2D eigenvalue weighted by Gasteiger charge is 2.17. The Morgan fingerprint density at radius 2 is 2.05 bits per heavy atom. The zero-order valence-electron chi connectivity index (χ0n) is 11.6. The molecule has 0 unspecified atom stereocenters. The van der Waals surface area contributed by atoms with Crippen molar-refractivity contribution in [1.82, 2.24) is 4.90 Å². The van der Waals surface area contributed by atoms with Gasteiger partial charge in [0.15, 0.2) is 0 Å². The molecular weight excluding hydrogens is 260 g/mol. The number of halogens is 1. The molecule has 1 fully saturated rings. The highest BCUT2D eigenvalue weighted by molar-refractivity contribution is 6.31. The zero-order chi connectivity index (χ0) is 13.8. The second kappa shape index (κ2) is 6.29. The summed E-state index contributed by atoms with van der Waals surface area (Å²) in [5.41, 5.74) is 1.53. The first kappa shape index (κ1) is 14.2. The summed E-state index contributed by atoms with van der Waals surface area (Å²) < 4.78 is 0. The third-order valence-corrected chi connectivity index (χ3v) is 3.91. The molecule has 0 aliphatic heterocycles. The lowest BCUT2D eigenvalue weighted by Gasteiger charge is -2.17. The lowest BCUT2D eigenvalue weighted by atomic mass is 10.1. The maximum absolute atomic E-state index is 12.1. The minimum absolute atomic E-state index is 0.00517. The van der Waals surface area contributed by atoms with Gasteiger partial charge in [0, 0.05) is 31.4 Å². The minimum atomic E-state index is 0.00517. The number of hydrogen-bond acceptors (Lipinski definition) is 2. The van der Waals surface area contributed by atoms with Crippen molar-refractivity contribution >= 4 is 23.2 Å². The molecule has 1 saturated carbocycles. The van der Waals surface area contributed by atoms with Crippen LogP contribution in [0.5, 0.6) is 0 Å². The monoisotopic (exact) mass is 280 g/mol. The second-order valence-electron chi connectivity index (χ2n) is 5.42. The highest BCUT2D eigenvalue weighted by atomic mass is 35.5. The lowest BCUT2D eigenvalue weighted by molar-refractivity contribution is 0.0828. The smallest absolute Gasteiger partial charge is 0.255 e. The topological polar surface area (TPSA) is 32.3 Å². The Kier molecular flexibility index (Phi) is 4.70. The van der Waals surface area contributed by atoms with Gasteiger partial charge >= 0.3 is 0 Å². The molecule has 2 rings (SSSR count). The SMILES string of the molecule is CN(C)C(=O)c1ccc(Cl)cc1NCC1CCCC1. The van der Waals surface area contributed by atoms with E-state index in [9.17, 15) is 4.79 Å². The quantitative estimate of drug-likeness (QED) is 0.913. The van der Waals surface area contributed by atoms with Crippen LogP contribution in [0.15, 0.2) is 18.2 Å². The molecular formula is C15H21ClN2O. The molecule has 1 aromatic carbocycles.